The number of nitrogens with two attached hydrogens (primary N) is 1. The second-order valence-corrected chi connectivity index (χ2v) is 5.45. The number of halogens is 2. The predicted molar refractivity (Wildman–Crippen MR) is 95.8 cm³/mol. The summed E-state index contributed by atoms with van der Waals surface area (Å²) in [5.74, 6) is 0.126. The highest BCUT2D eigenvalue weighted by Gasteiger charge is 2.24. The zero-order valence-electron chi connectivity index (χ0n) is 13.1. The molecule has 2 rings (SSSR count). The molecule has 1 heterocycles. The number of unbranched alkanes of at least 4 members (excludes halogenated alkanes) is 1. The molecule has 126 valence electrons. The van der Waals surface area contributed by atoms with Gasteiger partial charge >= 0.3 is 0 Å². The Hall–Kier alpha value is -0.810. The van der Waals surface area contributed by atoms with Crippen molar-refractivity contribution in [2.45, 2.75) is 38.8 Å². The van der Waals surface area contributed by atoms with Gasteiger partial charge < -0.3 is 11.1 Å². The maximum atomic E-state index is 12.1. The smallest absolute Gasteiger partial charge is 0.237 e. The number of benzene rings is 1. The van der Waals surface area contributed by atoms with Crippen molar-refractivity contribution in [2.24, 2.45) is 5.73 Å². The predicted octanol–water partition coefficient (Wildman–Crippen LogP) is 2.13. The molecule has 0 aromatic heterocycles. The van der Waals surface area contributed by atoms with Gasteiger partial charge in [0.2, 0.25) is 5.91 Å². The molecular formula is C16H27Cl2N3O. The summed E-state index contributed by atoms with van der Waals surface area (Å²) in [6.45, 7) is 5.23. The number of nitrogens with one attached hydrogen (secondary N) is 1. The van der Waals surface area contributed by atoms with Crippen LogP contribution in [0.4, 0.5) is 0 Å². The number of rotatable bonds is 6. The van der Waals surface area contributed by atoms with E-state index < -0.39 is 0 Å². The van der Waals surface area contributed by atoms with E-state index >= 15 is 0 Å². The van der Waals surface area contributed by atoms with Crippen molar-refractivity contribution in [3.63, 3.8) is 0 Å². The zero-order valence-corrected chi connectivity index (χ0v) is 14.7. The van der Waals surface area contributed by atoms with Crippen molar-refractivity contribution in [3.8, 4) is 0 Å². The molecule has 1 aliphatic rings. The van der Waals surface area contributed by atoms with Crippen molar-refractivity contribution in [3.05, 3.63) is 35.4 Å². The van der Waals surface area contributed by atoms with Gasteiger partial charge in [-0.2, -0.15) is 0 Å². The van der Waals surface area contributed by atoms with Gasteiger partial charge in [0.25, 0.3) is 0 Å². The second-order valence-electron chi connectivity index (χ2n) is 5.45. The van der Waals surface area contributed by atoms with Crippen molar-refractivity contribution in [2.75, 3.05) is 19.6 Å². The van der Waals surface area contributed by atoms with Crippen molar-refractivity contribution in [1.82, 2.24) is 10.2 Å². The Morgan fingerprint density at radius 3 is 2.64 bits per heavy atom. The van der Waals surface area contributed by atoms with E-state index in [1.54, 1.807) is 0 Å². The largest absolute Gasteiger partial charge is 0.355 e. The molecule has 1 aromatic carbocycles. The molecule has 0 spiro atoms. The average molecular weight is 348 g/mol. The molecule has 1 aliphatic heterocycles. The Kier molecular flexibility index (Phi) is 10.4. The van der Waals surface area contributed by atoms with Crippen LogP contribution in [-0.2, 0) is 17.8 Å². The average Bonchev–Trinajstić information content (AvgIpc) is 2.50. The summed E-state index contributed by atoms with van der Waals surface area (Å²) in [7, 11) is 0. The minimum Gasteiger partial charge on any atom is -0.355 e. The molecule has 6 heteroatoms. The molecule has 3 N–H and O–H groups in total. The maximum absolute atomic E-state index is 12.1. The molecule has 0 saturated heterocycles. The standard InChI is InChI=1S/C16H25N3O.2ClH/c1-13(16(20)18-10-5-4-9-17)19-11-8-14-6-2-3-7-15(14)12-19;;/h2-3,6-7,13H,4-5,8-12,17H2,1H3,(H,18,20);2*1H. The Bertz CT molecular complexity index is 457. The first-order valence-corrected chi connectivity index (χ1v) is 7.51. The van der Waals surface area contributed by atoms with Crippen LogP contribution in [0.1, 0.15) is 30.9 Å². The van der Waals surface area contributed by atoms with Gasteiger partial charge in [-0.3, -0.25) is 9.69 Å². The number of carbonyl (C=O) groups is 1. The lowest BCUT2D eigenvalue weighted by molar-refractivity contribution is -0.126. The van der Waals surface area contributed by atoms with E-state index in [0.717, 1.165) is 38.9 Å². The number of amides is 1. The third kappa shape index (κ3) is 5.76. The van der Waals surface area contributed by atoms with Gasteiger partial charge in [-0.25, -0.2) is 0 Å². The highest BCUT2D eigenvalue weighted by Crippen LogP contribution is 2.20. The zero-order chi connectivity index (χ0) is 14.4. The minimum atomic E-state index is -0.0683. The number of nitrogens with zero attached hydrogens (tertiary/aromatic N) is 1. The molecule has 1 atom stereocenters. The maximum Gasteiger partial charge on any atom is 0.237 e. The van der Waals surface area contributed by atoms with Crippen LogP contribution >= 0.6 is 24.8 Å². The Morgan fingerprint density at radius 1 is 1.27 bits per heavy atom. The van der Waals surface area contributed by atoms with Gasteiger partial charge in [-0.1, -0.05) is 24.3 Å². The van der Waals surface area contributed by atoms with Crippen molar-refractivity contribution < 1.29 is 4.79 Å². The van der Waals surface area contributed by atoms with E-state index in [-0.39, 0.29) is 36.8 Å². The summed E-state index contributed by atoms with van der Waals surface area (Å²) in [4.78, 5) is 14.4. The Labute approximate surface area is 145 Å². The molecule has 1 aromatic rings. The molecule has 0 aliphatic carbocycles. The van der Waals surface area contributed by atoms with Crippen LogP contribution in [0.15, 0.2) is 24.3 Å². The van der Waals surface area contributed by atoms with Crippen LogP contribution in [0.5, 0.6) is 0 Å². The molecule has 0 saturated carbocycles. The number of carbonyl (C=O) groups excluding carboxylic acids is 1. The van der Waals surface area contributed by atoms with Gasteiger partial charge in [0.15, 0.2) is 0 Å². The summed E-state index contributed by atoms with van der Waals surface area (Å²) in [5.41, 5.74) is 8.21. The summed E-state index contributed by atoms with van der Waals surface area (Å²) < 4.78 is 0. The van der Waals surface area contributed by atoms with Crippen LogP contribution in [0, 0.1) is 0 Å². The van der Waals surface area contributed by atoms with Gasteiger partial charge in [0.1, 0.15) is 0 Å². The summed E-state index contributed by atoms with van der Waals surface area (Å²) in [6, 6.07) is 8.43. The summed E-state index contributed by atoms with van der Waals surface area (Å²) >= 11 is 0. The molecule has 22 heavy (non-hydrogen) atoms. The lowest BCUT2D eigenvalue weighted by Gasteiger charge is -2.32. The molecule has 0 bridgehead atoms. The molecular weight excluding hydrogens is 321 g/mol. The van der Waals surface area contributed by atoms with Crippen LogP contribution in [0.3, 0.4) is 0 Å². The highest BCUT2D eigenvalue weighted by atomic mass is 35.5. The van der Waals surface area contributed by atoms with Crippen LogP contribution in [0.2, 0.25) is 0 Å². The van der Waals surface area contributed by atoms with Gasteiger partial charge in [-0.15, -0.1) is 24.8 Å². The van der Waals surface area contributed by atoms with Gasteiger partial charge in [0, 0.05) is 19.6 Å². The van der Waals surface area contributed by atoms with E-state index in [4.69, 9.17) is 5.73 Å². The Morgan fingerprint density at radius 2 is 1.95 bits per heavy atom. The molecule has 0 radical (unpaired) electrons. The molecule has 1 unspecified atom stereocenters. The third-order valence-corrected chi connectivity index (χ3v) is 4.02. The van der Waals surface area contributed by atoms with E-state index in [9.17, 15) is 4.79 Å². The molecule has 0 fully saturated rings. The SMILES string of the molecule is CC(C(=O)NCCCCN)N1CCc2ccccc2C1.Cl.Cl. The number of fused-ring (bicyclic) bond motifs is 1. The van der Waals surface area contributed by atoms with E-state index in [1.165, 1.54) is 11.1 Å². The lowest BCUT2D eigenvalue weighted by Crippen LogP contribution is -2.47. The highest BCUT2D eigenvalue weighted by molar-refractivity contribution is 5.85. The van der Waals surface area contributed by atoms with Crippen LogP contribution in [0.25, 0.3) is 0 Å². The fourth-order valence-corrected chi connectivity index (χ4v) is 2.64. The first-order chi connectivity index (χ1) is 9.72. The van der Waals surface area contributed by atoms with Crippen LogP contribution in [-0.4, -0.2) is 36.5 Å². The first-order valence-electron chi connectivity index (χ1n) is 7.51. The number of hydrogen-bond donors (Lipinski definition) is 2. The Balaban J connectivity index is 0.00000220. The minimum absolute atomic E-state index is 0. The van der Waals surface area contributed by atoms with Crippen molar-refractivity contribution >= 4 is 30.7 Å². The number of hydrogen-bond acceptors (Lipinski definition) is 3. The third-order valence-electron chi connectivity index (χ3n) is 4.02. The van der Waals surface area contributed by atoms with Crippen molar-refractivity contribution in [1.29, 1.82) is 0 Å². The quantitative estimate of drug-likeness (QED) is 0.775. The van der Waals surface area contributed by atoms with E-state index in [1.807, 2.05) is 6.92 Å². The fraction of sp³-hybridized carbons (Fsp3) is 0.562. The first kappa shape index (κ1) is 21.2. The fourth-order valence-electron chi connectivity index (χ4n) is 2.64. The normalized spacial score (nSPS) is 15.0. The van der Waals surface area contributed by atoms with E-state index in [2.05, 4.69) is 34.5 Å². The van der Waals surface area contributed by atoms with Crippen LogP contribution < -0.4 is 11.1 Å². The summed E-state index contributed by atoms with van der Waals surface area (Å²) in [6.07, 6.45) is 2.95. The molecule has 4 nitrogen and oxygen atoms in total. The second kappa shape index (κ2) is 10.8. The summed E-state index contributed by atoms with van der Waals surface area (Å²) in [5, 5.41) is 3.00. The van der Waals surface area contributed by atoms with Gasteiger partial charge in [0.05, 0.1) is 6.04 Å². The lowest BCUT2D eigenvalue weighted by atomic mass is 9.99. The van der Waals surface area contributed by atoms with Gasteiger partial charge in [-0.05, 0) is 43.9 Å². The molecule has 1 amide bonds. The topological polar surface area (TPSA) is 58.4 Å². The van der Waals surface area contributed by atoms with E-state index in [0.29, 0.717) is 6.54 Å². The monoisotopic (exact) mass is 347 g/mol.